The Labute approximate surface area is 183 Å². The van der Waals surface area contributed by atoms with Crippen LogP contribution in [-0.2, 0) is 13.0 Å². The third kappa shape index (κ3) is 7.10. The molecule has 0 amide bonds. The lowest BCUT2D eigenvalue weighted by atomic mass is 10.1. The van der Waals surface area contributed by atoms with Crippen LogP contribution in [0.15, 0.2) is 47.5 Å². The van der Waals surface area contributed by atoms with Crippen molar-refractivity contribution in [2.75, 3.05) is 27.3 Å². The molecule has 0 aliphatic rings. The van der Waals surface area contributed by atoms with E-state index < -0.39 is 0 Å². The second kappa shape index (κ2) is 12.7. The maximum absolute atomic E-state index is 6.20. The summed E-state index contributed by atoms with van der Waals surface area (Å²) in [5, 5.41) is 7.38. The number of aliphatic imine (C=N–C) groups is 1. The largest absolute Gasteiger partial charge is 0.493 e. The van der Waals surface area contributed by atoms with Gasteiger partial charge in [-0.25, -0.2) is 4.99 Å². The highest BCUT2D eigenvalue weighted by Crippen LogP contribution is 2.31. The Kier molecular flexibility index (Phi) is 11.0. The SMILES string of the molecule is CCNC(=NCc1cccc(OC)c1OC)NCCc1ccccc1Cl.I. The number of guanidine groups is 1. The second-order valence-corrected chi connectivity index (χ2v) is 6.02. The van der Waals surface area contributed by atoms with Gasteiger partial charge in [0.05, 0.1) is 20.8 Å². The van der Waals surface area contributed by atoms with Crippen LogP contribution in [0, 0.1) is 0 Å². The van der Waals surface area contributed by atoms with Crippen molar-refractivity contribution in [1.29, 1.82) is 0 Å². The van der Waals surface area contributed by atoms with E-state index in [1.807, 2.05) is 49.4 Å². The fourth-order valence-corrected chi connectivity index (χ4v) is 2.83. The highest BCUT2D eigenvalue weighted by molar-refractivity contribution is 14.0. The predicted molar refractivity (Wildman–Crippen MR) is 123 cm³/mol. The first-order valence-electron chi connectivity index (χ1n) is 8.65. The van der Waals surface area contributed by atoms with Gasteiger partial charge in [0.2, 0.25) is 0 Å². The van der Waals surface area contributed by atoms with Gasteiger partial charge in [-0.3, -0.25) is 0 Å². The van der Waals surface area contributed by atoms with Crippen molar-refractivity contribution < 1.29 is 9.47 Å². The van der Waals surface area contributed by atoms with Crippen LogP contribution in [0.4, 0.5) is 0 Å². The molecular formula is C20H27ClIN3O2. The number of benzene rings is 2. The van der Waals surface area contributed by atoms with Crippen LogP contribution in [0.2, 0.25) is 5.02 Å². The Bertz CT molecular complexity index is 741. The van der Waals surface area contributed by atoms with E-state index >= 15 is 0 Å². The summed E-state index contributed by atoms with van der Waals surface area (Å²) in [5.41, 5.74) is 2.09. The van der Waals surface area contributed by atoms with Gasteiger partial charge in [-0.05, 0) is 31.0 Å². The first-order valence-corrected chi connectivity index (χ1v) is 9.02. The van der Waals surface area contributed by atoms with Gasteiger partial charge in [-0.1, -0.05) is 41.9 Å². The fraction of sp³-hybridized carbons (Fsp3) is 0.350. The topological polar surface area (TPSA) is 54.9 Å². The Balaban J connectivity index is 0.00000364. The van der Waals surface area contributed by atoms with Crippen molar-refractivity contribution in [2.24, 2.45) is 4.99 Å². The minimum atomic E-state index is 0. The minimum Gasteiger partial charge on any atom is -0.493 e. The molecule has 0 saturated carbocycles. The van der Waals surface area contributed by atoms with E-state index in [1.165, 1.54) is 0 Å². The van der Waals surface area contributed by atoms with Gasteiger partial charge in [-0.2, -0.15) is 0 Å². The third-order valence-electron chi connectivity index (χ3n) is 3.88. The van der Waals surface area contributed by atoms with Crippen LogP contribution >= 0.6 is 35.6 Å². The maximum atomic E-state index is 6.20. The van der Waals surface area contributed by atoms with Crippen LogP contribution in [0.3, 0.4) is 0 Å². The first kappa shape index (κ1) is 23.4. The van der Waals surface area contributed by atoms with E-state index in [9.17, 15) is 0 Å². The molecule has 2 aromatic rings. The molecule has 0 unspecified atom stereocenters. The zero-order chi connectivity index (χ0) is 18.8. The molecule has 2 rings (SSSR count). The quantitative estimate of drug-likeness (QED) is 0.321. The van der Waals surface area contributed by atoms with E-state index in [4.69, 9.17) is 21.1 Å². The molecule has 2 aromatic carbocycles. The molecule has 0 radical (unpaired) electrons. The van der Waals surface area contributed by atoms with Crippen LogP contribution in [0.1, 0.15) is 18.1 Å². The number of methoxy groups -OCH3 is 2. The normalized spacial score (nSPS) is 10.7. The van der Waals surface area contributed by atoms with E-state index in [0.717, 1.165) is 41.6 Å². The van der Waals surface area contributed by atoms with E-state index in [1.54, 1.807) is 14.2 Å². The predicted octanol–water partition coefficient (Wildman–Crippen LogP) is 4.27. The Hall–Kier alpha value is -1.67. The molecule has 0 saturated heterocycles. The zero-order valence-corrected chi connectivity index (χ0v) is 19.0. The number of rotatable bonds is 8. The Morgan fingerprint density at radius 3 is 2.41 bits per heavy atom. The monoisotopic (exact) mass is 503 g/mol. The number of nitrogens with zero attached hydrogens (tertiary/aromatic N) is 1. The molecule has 0 aliphatic heterocycles. The van der Waals surface area contributed by atoms with Crippen LogP contribution < -0.4 is 20.1 Å². The lowest BCUT2D eigenvalue weighted by Crippen LogP contribution is -2.38. The van der Waals surface area contributed by atoms with Gasteiger partial charge in [0.1, 0.15) is 0 Å². The molecular weight excluding hydrogens is 477 g/mol. The van der Waals surface area contributed by atoms with Crippen LogP contribution in [0.5, 0.6) is 11.5 Å². The number of hydrogen-bond acceptors (Lipinski definition) is 3. The van der Waals surface area contributed by atoms with E-state index in [2.05, 4.69) is 15.6 Å². The van der Waals surface area contributed by atoms with Crippen molar-refractivity contribution in [2.45, 2.75) is 19.9 Å². The standard InChI is InChI=1S/C20H26ClN3O2.HI/c1-4-22-20(23-13-12-15-8-5-6-10-17(15)21)24-14-16-9-7-11-18(25-2)19(16)26-3;/h5-11H,4,12-14H2,1-3H3,(H2,22,23,24);1H. The zero-order valence-electron chi connectivity index (χ0n) is 15.9. The molecule has 0 heterocycles. The number of hydrogen-bond donors (Lipinski definition) is 2. The molecule has 0 bridgehead atoms. The van der Waals surface area contributed by atoms with Gasteiger partial charge in [0, 0.05) is 23.7 Å². The molecule has 148 valence electrons. The van der Waals surface area contributed by atoms with Crippen molar-refractivity contribution in [1.82, 2.24) is 10.6 Å². The highest BCUT2D eigenvalue weighted by atomic mass is 127. The number of nitrogens with one attached hydrogen (secondary N) is 2. The lowest BCUT2D eigenvalue weighted by molar-refractivity contribution is 0.352. The summed E-state index contributed by atoms with van der Waals surface area (Å²) >= 11 is 6.20. The van der Waals surface area contributed by atoms with Crippen molar-refractivity contribution >= 4 is 41.5 Å². The average Bonchev–Trinajstić information content (AvgIpc) is 2.67. The summed E-state index contributed by atoms with van der Waals surface area (Å²) in [6.45, 7) is 4.05. The van der Waals surface area contributed by atoms with Gasteiger partial charge in [0.15, 0.2) is 17.5 Å². The number of ether oxygens (including phenoxy) is 2. The molecule has 7 heteroatoms. The number of halogens is 2. The smallest absolute Gasteiger partial charge is 0.191 e. The van der Waals surface area contributed by atoms with Crippen LogP contribution in [-0.4, -0.2) is 33.3 Å². The van der Waals surface area contributed by atoms with Gasteiger partial charge in [-0.15, -0.1) is 24.0 Å². The lowest BCUT2D eigenvalue weighted by Gasteiger charge is -2.14. The van der Waals surface area contributed by atoms with Crippen LogP contribution in [0.25, 0.3) is 0 Å². The molecule has 2 N–H and O–H groups in total. The summed E-state index contributed by atoms with van der Waals surface area (Å²) in [7, 11) is 3.27. The Morgan fingerprint density at radius 2 is 1.74 bits per heavy atom. The molecule has 0 aromatic heterocycles. The molecule has 0 spiro atoms. The van der Waals surface area contributed by atoms with Gasteiger partial charge in [0.25, 0.3) is 0 Å². The number of para-hydroxylation sites is 1. The third-order valence-corrected chi connectivity index (χ3v) is 4.25. The molecule has 0 aliphatic carbocycles. The van der Waals surface area contributed by atoms with E-state index in [-0.39, 0.29) is 24.0 Å². The highest BCUT2D eigenvalue weighted by Gasteiger charge is 2.09. The summed E-state index contributed by atoms with van der Waals surface area (Å²) in [5.74, 6) is 2.17. The summed E-state index contributed by atoms with van der Waals surface area (Å²) in [4.78, 5) is 4.65. The maximum Gasteiger partial charge on any atom is 0.191 e. The van der Waals surface area contributed by atoms with Crippen molar-refractivity contribution in [3.8, 4) is 11.5 Å². The average molecular weight is 504 g/mol. The summed E-state index contributed by atoms with van der Waals surface area (Å²) in [6.07, 6.45) is 0.826. The minimum absolute atomic E-state index is 0. The molecule has 5 nitrogen and oxygen atoms in total. The molecule has 0 fully saturated rings. The van der Waals surface area contributed by atoms with Crippen molar-refractivity contribution in [3.63, 3.8) is 0 Å². The summed E-state index contributed by atoms with van der Waals surface area (Å²) in [6, 6.07) is 13.7. The molecule has 0 atom stereocenters. The van der Waals surface area contributed by atoms with Gasteiger partial charge < -0.3 is 20.1 Å². The fourth-order valence-electron chi connectivity index (χ4n) is 2.60. The van der Waals surface area contributed by atoms with Gasteiger partial charge >= 0.3 is 0 Å². The Morgan fingerprint density at radius 1 is 1.00 bits per heavy atom. The van der Waals surface area contributed by atoms with Crippen molar-refractivity contribution in [3.05, 3.63) is 58.6 Å². The molecule has 27 heavy (non-hydrogen) atoms. The van der Waals surface area contributed by atoms with E-state index in [0.29, 0.717) is 18.0 Å². The first-order chi connectivity index (χ1) is 12.7. The summed E-state index contributed by atoms with van der Waals surface area (Å²) < 4.78 is 10.8. The second-order valence-electron chi connectivity index (χ2n) is 5.62.